The molecule has 0 aliphatic carbocycles. The summed E-state index contributed by atoms with van der Waals surface area (Å²) < 4.78 is 0. The second-order valence-electron chi connectivity index (χ2n) is 5.12. The van der Waals surface area contributed by atoms with E-state index in [0.717, 1.165) is 16.8 Å². The molecule has 0 bridgehead atoms. The predicted octanol–water partition coefficient (Wildman–Crippen LogP) is 2.57. The van der Waals surface area contributed by atoms with Crippen LogP contribution >= 0.6 is 0 Å². The van der Waals surface area contributed by atoms with E-state index < -0.39 is 12.0 Å². The number of nitriles is 1. The quantitative estimate of drug-likeness (QED) is 0.937. The van der Waals surface area contributed by atoms with Crippen molar-refractivity contribution < 1.29 is 9.90 Å². The van der Waals surface area contributed by atoms with Crippen LogP contribution in [0.25, 0.3) is 0 Å². The van der Waals surface area contributed by atoms with Crippen molar-refractivity contribution in [3.63, 3.8) is 0 Å². The lowest BCUT2D eigenvalue weighted by Crippen LogP contribution is -2.38. The fourth-order valence-electron chi connectivity index (χ4n) is 2.75. The van der Waals surface area contributed by atoms with Crippen molar-refractivity contribution >= 4 is 11.7 Å². The number of anilines is 1. The first kappa shape index (κ1) is 13.2. The summed E-state index contributed by atoms with van der Waals surface area (Å²) in [6.45, 7) is 0.527. The van der Waals surface area contributed by atoms with E-state index >= 15 is 0 Å². The maximum atomic E-state index is 11.5. The van der Waals surface area contributed by atoms with Gasteiger partial charge in [-0.3, -0.25) is 0 Å². The molecule has 4 nitrogen and oxygen atoms in total. The van der Waals surface area contributed by atoms with E-state index in [0.29, 0.717) is 18.5 Å². The summed E-state index contributed by atoms with van der Waals surface area (Å²) in [6.07, 6.45) is 0.530. The number of nitrogens with zero attached hydrogens (tertiary/aromatic N) is 2. The number of carboxylic acid groups (broad SMARTS) is 1. The standard InChI is InChI=1S/C17H14N2O2/c18-10-12-5-7-13(8-6-12)11-19-15-4-2-1-3-14(15)9-16(19)17(20)21/h1-8,16H,9,11H2,(H,20,21). The second kappa shape index (κ2) is 5.29. The van der Waals surface area contributed by atoms with Crippen LogP contribution in [0.5, 0.6) is 0 Å². The first-order chi connectivity index (χ1) is 10.2. The van der Waals surface area contributed by atoms with Gasteiger partial charge in [0, 0.05) is 18.7 Å². The number of carbonyl (C=O) groups is 1. The number of fused-ring (bicyclic) bond motifs is 1. The number of aliphatic carboxylic acids is 1. The zero-order valence-corrected chi connectivity index (χ0v) is 11.4. The highest BCUT2D eigenvalue weighted by Crippen LogP contribution is 2.33. The summed E-state index contributed by atoms with van der Waals surface area (Å²) in [5, 5.41) is 18.3. The lowest BCUT2D eigenvalue weighted by molar-refractivity contribution is -0.138. The lowest BCUT2D eigenvalue weighted by Gasteiger charge is -2.24. The maximum Gasteiger partial charge on any atom is 0.326 e. The van der Waals surface area contributed by atoms with E-state index in [4.69, 9.17) is 5.26 Å². The first-order valence-corrected chi connectivity index (χ1v) is 6.75. The zero-order chi connectivity index (χ0) is 14.8. The molecule has 0 fully saturated rings. The van der Waals surface area contributed by atoms with Crippen molar-refractivity contribution in [2.45, 2.75) is 19.0 Å². The molecule has 1 aliphatic heterocycles. The van der Waals surface area contributed by atoms with E-state index in [2.05, 4.69) is 6.07 Å². The van der Waals surface area contributed by atoms with Gasteiger partial charge in [-0.15, -0.1) is 0 Å². The van der Waals surface area contributed by atoms with Crippen molar-refractivity contribution in [1.82, 2.24) is 0 Å². The Morgan fingerprint density at radius 2 is 1.95 bits per heavy atom. The molecule has 0 aromatic heterocycles. The molecule has 0 radical (unpaired) electrons. The summed E-state index contributed by atoms with van der Waals surface area (Å²) in [5.74, 6) is -0.806. The Hall–Kier alpha value is -2.80. The van der Waals surface area contributed by atoms with Gasteiger partial charge < -0.3 is 10.0 Å². The predicted molar refractivity (Wildman–Crippen MR) is 78.9 cm³/mol. The molecule has 1 N–H and O–H groups in total. The van der Waals surface area contributed by atoms with Gasteiger partial charge in [0.25, 0.3) is 0 Å². The summed E-state index contributed by atoms with van der Waals surface area (Å²) in [6, 6.07) is 16.6. The lowest BCUT2D eigenvalue weighted by atomic mass is 10.1. The second-order valence-corrected chi connectivity index (χ2v) is 5.12. The minimum absolute atomic E-state index is 0.527. The summed E-state index contributed by atoms with van der Waals surface area (Å²) in [4.78, 5) is 13.4. The Morgan fingerprint density at radius 1 is 1.24 bits per heavy atom. The Morgan fingerprint density at radius 3 is 2.62 bits per heavy atom. The van der Waals surface area contributed by atoms with Gasteiger partial charge >= 0.3 is 5.97 Å². The van der Waals surface area contributed by atoms with E-state index in [9.17, 15) is 9.90 Å². The third-order valence-electron chi connectivity index (χ3n) is 3.81. The van der Waals surface area contributed by atoms with Gasteiger partial charge in [0.05, 0.1) is 11.6 Å². The van der Waals surface area contributed by atoms with Crippen LogP contribution in [-0.4, -0.2) is 17.1 Å². The van der Waals surface area contributed by atoms with Crippen LogP contribution in [0.2, 0.25) is 0 Å². The van der Waals surface area contributed by atoms with Crippen molar-refractivity contribution in [3.05, 3.63) is 65.2 Å². The molecular formula is C17H14N2O2. The molecule has 2 aromatic rings. The number of benzene rings is 2. The number of rotatable bonds is 3. The molecule has 1 heterocycles. The average molecular weight is 278 g/mol. The highest BCUT2D eigenvalue weighted by atomic mass is 16.4. The molecule has 104 valence electrons. The van der Waals surface area contributed by atoms with Gasteiger partial charge in [0.1, 0.15) is 6.04 Å². The molecule has 1 atom stereocenters. The van der Waals surface area contributed by atoms with E-state index in [1.54, 1.807) is 12.1 Å². The van der Waals surface area contributed by atoms with Crippen LogP contribution in [0.3, 0.4) is 0 Å². The van der Waals surface area contributed by atoms with Gasteiger partial charge in [-0.05, 0) is 29.3 Å². The van der Waals surface area contributed by atoms with Gasteiger partial charge in [0.2, 0.25) is 0 Å². The highest BCUT2D eigenvalue weighted by Gasteiger charge is 2.33. The minimum atomic E-state index is -0.806. The fourth-order valence-corrected chi connectivity index (χ4v) is 2.75. The molecule has 0 saturated heterocycles. The largest absolute Gasteiger partial charge is 0.480 e. The van der Waals surface area contributed by atoms with Crippen LogP contribution < -0.4 is 4.90 Å². The summed E-state index contributed by atoms with van der Waals surface area (Å²) in [7, 11) is 0. The molecular weight excluding hydrogens is 264 g/mol. The Labute approximate surface area is 122 Å². The SMILES string of the molecule is N#Cc1ccc(CN2c3ccccc3CC2C(=O)O)cc1. The first-order valence-electron chi connectivity index (χ1n) is 6.75. The molecule has 0 amide bonds. The van der Waals surface area contributed by atoms with Crippen molar-refractivity contribution in [1.29, 1.82) is 5.26 Å². The van der Waals surface area contributed by atoms with Crippen LogP contribution in [-0.2, 0) is 17.8 Å². The van der Waals surface area contributed by atoms with Crippen LogP contribution in [0.15, 0.2) is 48.5 Å². The molecule has 3 rings (SSSR count). The van der Waals surface area contributed by atoms with Crippen molar-refractivity contribution in [2.75, 3.05) is 4.90 Å². The Balaban J connectivity index is 1.90. The molecule has 21 heavy (non-hydrogen) atoms. The van der Waals surface area contributed by atoms with Crippen LogP contribution in [0, 0.1) is 11.3 Å². The molecule has 4 heteroatoms. The van der Waals surface area contributed by atoms with Crippen molar-refractivity contribution in [2.24, 2.45) is 0 Å². The van der Waals surface area contributed by atoms with Gasteiger partial charge in [0.15, 0.2) is 0 Å². The van der Waals surface area contributed by atoms with Crippen molar-refractivity contribution in [3.8, 4) is 6.07 Å². The minimum Gasteiger partial charge on any atom is -0.480 e. The van der Waals surface area contributed by atoms with E-state index in [1.807, 2.05) is 41.3 Å². The highest BCUT2D eigenvalue weighted by molar-refractivity contribution is 5.82. The van der Waals surface area contributed by atoms with Gasteiger partial charge in [-0.25, -0.2) is 4.79 Å². The van der Waals surface area contributed by atoms with E-state index in [1.165, 1.54) is 0 Å². The summed E-state index contributed by atoms with van der Waals surface area (Å²) in [5.41, 5.74) is 3.65. The molecule has 0 saturated carbocycles. The normalized spacial score (nSPS) is 16.3. The van der Waals surface area contributed by atoms with E-state index in [-0.39, 0.29) is 0 Å². The third kappa shape index (κ3) is 2.46. The van der Waals surface area contributed by atoms with Crippen LogP contribution in [0.4, 0.5) is 5.69 Å². The smallest absolute Gasteiger partial charge is 0.326 e. The van der Waals surface area contributed by atoms with Crippen LogP contribution in [0.1, 0.15) is 16.7 Å². The number of carboxylic acids is 1. The van der Waals surface area contributed by atoms with Gasteiger partial charge in [-0.1, -0.05) is 30.3 Å². The maximum absolute atomic E-state index is 11.5. The average Bonchev–Trinajstić information content (AvgIpc) is 2.87. The third-order valence-corrected chi connectivity index (χ3v) is 3.81. The Bertz CT molecular complexity index is 716. The molecule has 0 spiro atoms. The molecule has 1 unspecified atom stereocenters. The fraction of sp³-hybridized carbons (Fsp3) is 0.176. The number of para-hydroxylation sites is 1. The zero-order valence-electron chi connectivity index (χ0n) is 11.4. The molecule has 1 aliphatic rings. The molecule has 2 aromatic carbocycles. The Kier molecular flexibility index (Phi) is 3.33. The number of hydrogen-bond acceptors (Lipinski definition) is 3. The monoisotopic (exact) mass is 278 g/mol. The van der Waals surface area contributed by atoms with Gasteiger partial charge in [-0.2, -0.15) is 5.26 Å². The summed E-state index contributed by atoms with van der Waals surface area (Å²) >= 11 is 0. The number of hydrogen-bond donors (Lipinski definition) is 1. The topological polar surface area (TPSA) is 64.3 Å².